The highest BCUT2D eigenvalue weighted by molar-refractivity contribution is 5.37. The molecule has 1 aliphatic heterocycles. The lowest BCUT2D eigenvalue weighted by Crippen LogP contribution is -2.42. The van der Waals surface area contributed by atoms with Crippen LogP contribution in [0.3, 0.4) is 0 Å². The average molecular weight is 275 g/mol. The summed E-state index contributed by atoms with van der Waals surface area (Å²) in [6, 6.07) is 8.29. The van der Waals surface area contributed by atoms with Gasteiger partial charge in [-0.25, -0.2) is 0 Å². The fourth-order valence-electron chi connectivity index (χ4n) is 3.56. The maximum atomic E-state index is 9.70. The molecule has 0 bridgehead atoms. The van der Waals surface area contributed by atoms with Gasteiger partial charge in [0.05, 0.1) is 0 Å². The molecule has 0 radical (unpaired) electrons. The number of nitrogens with one attached hydrogen (secondary N) is 1. The van der Waals surface area contributed by atoms with Crippen molar-refractivity contribution < 1.29 is 9.84 Å². The van der Waals surface area contributed by atoms with Crippen LogP contribution in [0.1, 0.15) is 37.7 Å². The third kappa shape index (κ3) is 2.99. The number of aliphatic hydroxyl groups is 1. The number of benzene rings is 1. The van der Waals surface area contributed by atoms with Gasteiger partial charge in [-0.1, -0.05) is 37.5 Å². The predicted molar refractivity (Wildman–Crippen MR) is 80.0 cm³/mol. The zero-order chi connectivity index (χ0) is 13.8. The fraction of sp³-hybridized carbons (Fsp3) is 0.647. The van der Waals surface area contributed by atoms with E-state index in [1.165, 1.54) is 24.8 Å². The number of hydrogen-bond acceptors (Lipinski definition) is 3. The summed E-state index contributed by atoms with van der Waals surface area (Å²) in [7, 11) is 0. The number of aliphatic hydroxyl groups excluding tert-OH is 1. The highest BCUT2D eigenvalue weighted by Gasteiger charge is 2.31. The Hall–Kier alpha value is -1.06. The van der Waals surface area contributed by atoms with E-state index in [0.717, 1.165) is 38.1 Å². The summed E-state index contributed by atoms with van der Waals surface area (Å²) in [6.45, 7) is 2.10. The molecule has 3 nitrogen and oxygen atoms in total. The molecule has 1 fully saturated rings. The zero-order valence-corrected chi connectivity index (χ0v) is 12.1. The molecule has 110 valence electrons. The molecule has 0 aromatic heterocycles. The van der Waals surface area contributed by atoms with Gasteiger partial charge >= 0.3 is 0 Å². The third-order valence-corrected chi connectivity index (χ3v) is 4.84. The van der Waals surface area contributed by atoms with Gasteiger partial charge in [-0.3, -0.25) is 0 Å². The summed E-state index contributed by atoms with van der Waals surface area (Å²) in [4.78, 5) is 0. The molecular weight excluding hydrogens is 250 g/mol. The van der Waals surface area contributed by atoms with Gasteiger partial charge in [-0.05, 0) is 24.5 Å². The molecule has 1 aromatic rings. The summed E-state index contributed by atoms with van der Waals surface area (Å²) in [5.74, 6) is 1.04. The van der Waals surface area contributed by atoms with Crippen LogP contribution in [0.25, 0.3) is 0 Å². The summed E-state index contributed by atoms with van der Waals surface area (Å²) < 4.78 is 5.94. The van der Waals surface area contributed by atoms with Crippen molar-refractivity contribution in [2.24, 2.45) is 5.41 Å². The molecule has 1 aliphatic carbocycles. The molecule has 0 saturated heterocycles. The molecule has 3 heteroatoms. The summed E-state index contributed by atoms with van der Waals surface area (Å²) in [5.41, 5.74) is 1.43. The average Bonchev–Trinajstić information content (AvgIpc) is 2.91. The lowest BCUT2D eigenvalue weighted by atomic mass is 9.74. The van der Waals surface area contributed by atoms with E-state index < -0.39 is 0 Å². The highest BCUT2D eigenvalue weighted by Crippen LogP contribution is 2.35. The Morgan fingerprint density at radius 3 is 2.75 bits per heavy atom. The normalized spacial score (nSPS) is 24.1. The molecule has 1 aromatic carbocycles. The molecule has 1 unspecified atom stereocenters. The standard InChI is InChI=1S/C17H25NO2/c19-13-17(8-4-1-5-9-17)12-18-11-15-10-14-6-2-3-7-16(14)20-15/h2-3,6-7,15,18-19H,1,4-5,8-13H2. The SMILES string of the molecule is OCC1(CNCC2Cc3ccccc3O2)CCCCC1. The van der Waals surface area contributed by atoms with Crippen LogP contribution < -0.4 is 10.1 Å². The van der Waals surface area contributed by atoms with Gasteiger partial charge in [0.15, 0.2) is 0 Å². The van der Waals surface area contributed by atoms with E-state index in [2.05, 4.69) is 17.4 Å². The van der Waals surface area contributed by atoms with Crippen molar-refractivity contribution in [3.05, 3.63) is 29.8 Å². The second kappa shape index (κ2) is 6.15. The number of hydrogen-bond donors (Lipinski definition) is 2. The molecule has 0 spiro atoms. The van der Waals surface area contributed by atoms with Crippen LogP contribution in [-0.2, 0) is 6.42 Å². The van der Waals surface area contributed by atoms with Gasteiger partial charge in [0, 0.05) is 31.5 Å². The first-order valence-corrected chi connectivity index (χ1v) is 7.87. The van der Waals surface area contributed by atoms with Crippen LogP contribution in [0.15, 0.2) is 24.3 Å². The third-order valence-electron chi connectivity index (χ3n) is 4.84. The molecule has 1 saturated carbocycles. The summed E-state index contributed by atoms with van der Waals surface area (Å²) in [5, 5.41) is 13.2. The molecule has 2 aliphatic rings. The first-order chi connectivity index (χ1) is 9.81. The molecular formula is C17H25NO2. The van der Waals surface area contributed by atoms with E-state index in [1.54, 1.807) is 0 Å². The van der Waals surface area contributed by atoms with E-state index >= 15 is 0 Å². The number of ether oxygens (including phenoxy) is 1. The van der Waals surface area contributed by atoms with Crippen LogP contribution in [0.4, 0.5) is 0 Å². The van der Waals surface area contributed by atoms with Gasteiger partial charge in [-0.15, -0.1) is 0 Å². The predicted octanol–water partition coefficient (Wildman–Crippen LogP) is 2.52. The Morgan fingerprint density at radius 1 is 1.20 bits per heavy atom. The second-order valence-corrected chi connectivity index (χ2v) is 6.40. The summed E-state index contributed by atoms with van der Waals surface area (Å²) >= 11 is 0. The molecule has 3 rings (SSSR count). The van der Waals surface area contributed by atoms with E-state index in [1.807, 2.05) is 12.1 Å². The van der Waals surface area contributed by atoms with Gasteiger partial charge < -0.3 is 15.2 Å². The minimum Gasteiger partial charge on any atom is -0.488 e. The molecule has 20 heavy (non-hydrogen) atoms. The first kappa shape index (κ1) is 13.9. The van der Waals surface area contributed by atoms with Crippen LogP contribution in [0.2, 0.25) is 0 Å². The van der Waals surface area contributed by atoms with Gasteiger partial charge in [0.25, 0.3) is 0 Å². The first-order valence-electron chi connectivity index (χ1n) is 7.87. The van der Waals surface area contributed by atoms with Gasteiger partial charge in [-0.2, -0.15) is 0 Å². The van der Waals surface area contributed by atoms with Crippen LogP contribution in [0.5, 0.6) is 5.75 Å². The minimum absolute atomic E-state index is 0.115. The molecule has 0 amide bonds. The van der Waals surface area contributed by atoms with Crippen molar-refractivity contribution in [1.82, 2.24) is 5.32 Å². The number of fused-ring (bicyclic) bond motifs is 1. The maximum absolute atomic E-state index is 9.70. The second-order valence-electron chi connectivity index (χ2n) is 6.40. The van der Waals surface area contributed by atoms with E-state index in [4.69, 9.17) is 4.74 Å². The smallest absolute Gasteiger partial charge is 0.123 e. The Bertz CT molecular complexity index is 415. The largest absolute Gasteiger partial charge is 0.488 e. The van der Waals surface area contributed by atoms with Crippen LogP contribution in [0, 0.1) is 5.41 Å². The van der Waals surface area contributed by atoms with Crippen LogP contribution in [-0.4, -0.2) is 30.9 Å². The lowest BCUT2D eigenvalue weighted by Gasteiger charge is -2.36. The van der Waals surface area contributed by atoms with E-state index in [9.17, 15) is 5.11 Å². The van der Waals surface area contributed by atoms with Crippen molar-refractivity contribution in [1.29, 1.82) is 0 Å². The monoisotopic (exact) mass is 275 g/mol. The molecule has 2 N–H and O–H groups in total. The van der Waals surface area contributed by atoms with Crippen molar-refractivity contribution in [3.8, 4) is 5.75 Å². The molecule has 1 heterocycles. The summed E-state index contributed by atoms with van der Waals surface area (Å²) in [6.07, 6.45) is 7.39. The van der Waals surface area contributed by atoms with Gasteiger partial charge in [0.1, 0.15) is 11.9 Å². The van der Waals surface area contributed by atoms with Gasteiger partial charge in [0.2, 0.25) is 0 Å². The van der Waals surface area contributed by atoms with E-state index in [0.29, 0.717) is 6.61 Å². The van der Waals surface area contributed by atoms with Crippen molar-refractivity contribution in [2.45, 2.75) is 44.6 Å². The Kier molecular flexibility index (Phi) is 4.27. The maximum Gasteiger partial charge on any atom is 0.123 e. The Labute approximate surface area is 121 Å². The quantitative estimate of drug-likeness (QED) is 0.867. The van der Waals surface area contributed by atoms with E-state index in [-0.39, 0.29) is 11.5 Å². The van der Waals surface area contributed by atoms with Crippen molar-refractivity contribution in [2.75, 3.05) is 19.7 Å². The Morgan fingerprint density at radius 2 is 2.00 bits per heavy atom. The van der Waals surface area contributed by atoms with Crippen molar-refractivity contribution >= 4 is 0 Å². The van der Waals surface area contributed by atoms with Crippen LogP contribution >= 0.6 is 0 Å². The topological polar surface area (TPSA) is 41.5 Å². The number of para-hydroxylation sites is 1. The van der Waals surface area contributed by atoms with Crippen molar-refractivity contribution in [3.63, 3.8) is 0 Å². The number of rotatable bonds is 5. The Balaban J connectivity index is 1.47. The zero-order valence-electron chi connectivity index (χ0n) is 12.1. The molecule has 1 atom stereocenters. The minimum atomic E-state index is 0.115. The lowest BCUT2D eigenvalue weighted by molar-refractivity contribution is 0.0782. The highest BCUT2D eigenvalue weighted by atomic mass is 16.5. The fourth-order valence-corrected chi connectivity index (χ4v) is 3.56.